The second-order valence-electron chi connectivity index (χ2n) is 5.64. The van der Waals surface area contributed by atoms with Crippen molar-refractivity contribution in [3.05, 3.63) is 40.4 Å². The summed E-state index contributed by atoms with van der Waals surface area (Å²) in [5.41, 5.74) is 1.54. The molecular formula is C16H17N3O3. The van der Waals surface area contributed by atoms with Crippen LogP contribution in [0.5, 0.6) is 0 Å². The van der Waals surface area contributed by atoms with E-state index in [0.29, 0.717) is 36.6 Å². The summed E-state index contributed by atoms with van der Waals surface area (Å²) in [4.78, 5) is 39.0. The summed E-state index contributed by atoms with van der Waals surface area (Å²) in [7, 11) is 0. The molecule has 0 saturated carbocycles. The number of hydrogen-bond donors (Lipinski definition) is 1. The predicted molar refractivity (Wildman–Crippen MR) is 81.9 cm³/mol. The Kier molecular flexibility index (Phi) is 3.85. The third kappa shape index (κ3) is 2.46. The summed E-state index contributed by atoms with van der Waals surface area (Å²) in [6.07, 6.45) is 3.13. The van der Waals surface area contributed by atoms with Crippen molar-refractivity contribution >= 4 is 23.0 Å². The SMILES string of the molecule is Cc1cccc2ncn(C3CCC(C(=O)C=O)NC3)c(=O)c12. The normalized spacial score (nSPS) is 21.7. The number of carbonyl (C=O) groups excluding carboxylic acids is 2. The van der Waals surface area contributed by atoms with Gasteiger partial charge in [0.1, 0.15) is 0 Å². The van der Waals surface area contributed by atoms with E-state index in [-0.39, 0.29) is 11.6 Å². The highest BCUT2D eigenvalue weighted by Gasteiger charge is 2.27. The Morgan fingerprint density at radius 1 is 1.41 bits per heavy atom. The van der Waals surface area contributed by atoms with Gasteiger partial charge in [-0.15, -0.1) is 0 Å². The molecule has 1 aliphatic rings. The van der Waals surface area contributed by atoms with Crippen LogP contribution in [-0.2, 0) is 9.59 Å². The van der Waals surface area contributed by atoms with E-state index in [0.717, 1.165) is 5.56 Å². The molecule has 1 aliphatic heterocycles. The monoisotopic (exact) mass is 299 g/mol. The average molecular weight is 299 g/mol. The molecule has 1 aromatic carbocycles. The van der Waals surface area contributed by atoms with Gasteiger partial charge in [-0.3, -0.25) is 19.0 Å². The van der Waals surface area contributed by atoms with E-state index in [1.165, 1.54) is 0 Å². The minimum atomic E-state index is -0.432. The predicted octanol–water partition coefficient (Wildman–Crippen LogP) is 0.766. The number of Topliss-reactive ketones (excluding diaryl/α,β-unsaturated/α-hetero) is 1. The Labute approximate surface area is 127 Å². The van der Waals surface area contributed by atoms with E-state index in [2.05, 4.69) is 10.3 Å². The van der Waals surface area contributed by atoms with Gasteiger partial charge in [-0.05, 0) is 31.4 Å². The smallest absolute Gasteiger partial charge is 0.261 e. The maximum atomic E-state index is 12.7. The topological polar surface area (TPSA) is 81.1 Å². The molecule has 1 aromatic heterocycles. The zero-order valence-electron chi connectivity index (χ0n) is 12.3. The number of fused-ring (bicyclic) bond motifs is 1. The number of piperidine rings is 1. The largest absolute Gasteiger partial charge is 0.305 e. The molecule has 2 heterocycles. The van der Waals surface area contributed by atoms with Crippen LogP contribution in [0.2, 0.25) is 0 Å². The van der Waals surface area contributed by atoms with Crippen LogP contribution in [0, 0.1) is 6.92 Å². The van der Waals surface area contributed by atoms with Crippen molar-refractivity contribution in [1.29, 1.82) is 0 Å². The lowest BCUT2D eigenvalue weighted by atomic mass is 9.98. The van der Waals surface area contributed by atoms with Crippen LogP contribution in [0.4, 0.5) is 0 Å². The fourth-order valence-electron chi connectivity index (χ4n) is 3.01. The van der Waals surface area contributed by atoms with E-state index in [1.807, 2.05) is 25.1 Å². The summed E-state index contributed by atoms with van der Waals surface area (Å²) in [5.74, 6) is -0.432. The molecule has 0 amide bonds. The number of aldehydes is 1. The number of carbonyl (C=O) groups is 2. The van der Waals surface area contributed by atoms with E-state index in [1.54, 1.807) is 10.9 Å². The van der Waals surface area contributed by atoms with Crippen molar-refractivity contribution in [1.82, 2.24) is 14.9 Å². The Bertz CT molecular complexity index is 789. The molecule has 2 atom stereocenters. The van der Waals surface area contributed by atoms with Gasteiger partial charge in [0, 0.05) is 6.54 Å². The first-order chi connectivity index (χ1) is 10.6. The van der Waals surface area contributed by atoms with Crippen molar-refractivity contribution in [3.63, 3.8) is 0 Å². The van der Waals surface area contributed by atoms with Gasteiger partial charge in [-0.2, -0.15) is 0 Å². The first kappa shape index (κ1) is 14.6. The zero-order chi connectivity index (χ0) is 15.7. The Morgan fingerprint density at radius 2 is 2.23 bits per heavy atom. The number of hydrogen-bond acceptors (Lipinski definition) is 5. The van der Waals surface area contributed by atoms with Crippen LogP contribution in [0.3, 0.4) is 0 Å². The molecule has 6 heteroatoms. The Hall–Kier alpha value is -2.34. The molecular weight excluding hydrogens is 282 g/mol. The second kappa shape index (κ2) is 5.81. The Balaban J connectivity index is 1.91. The number of nitrogens with zero attached hydrogens (tertiary/aromatic N) is 2. The highest BCUT2D eigenvalue weighted by Crippen LogP contribution is 2.20. The van der Waals surface area contributed by atoms with Crippen LogP contribution < -0.4 is 10.9 Å². The van der Waals surface area contributed by atoms with Gasteiger partial charge < -0.3 is 5.32 Å². The van der Waals surface area contributed by atoms with Crippen LogP contribution in [0.15, 0.2) is 29.3 Å². The fourth-order valence-corrected chi connectivity index (χ4v) is 3.01. The molecule has 1 N–H and O–H groups in total. The minimum absolute atomic E-state index is 0.0558. The summed E-state index contributed by atoms with van der Waals surface area (Å²) >= 11 is 0. The summed E-state index contributed by atoms with van der Waals surface area (Å²) < 4.78 is 1.63. The van der Waals surface area contributed by atoms with Gasteiger partial charge in [0.15, 0.2) is 6.29 Å². The van der Waals surface area contributed by atoms with Gasteiger partial charge in [0.2, 0.25) is 5.78 Å². The molecule has 3 rings (SSSR count). The van der Waals surface area contributed by atoms with Crippen molar-refractivity contribution in [2.45, 2.75) is 31.8 Å². The van der Waals surface area contributed by atoms with Gasteiger partial charge in [-0.1, -0.05) is 12.1 Å². The number of nitrogens with one attached hydrogen (secondary N) is 1. The van der Waals surface area contributed by atoms with Crippen molar-refractivity contribution in [2.75, 3.05) is 6.54 Å². The molecule has 6 nitrogen and oxygen atoms in total. The van der Waals surface area contributed by atoms with Crippen LogP contribution >= 0.6 is 0 Å². The molecule has 0 radical (unpaired) electrons. The Morgan fingerprint density at radius 3 is 2.91 bits per heavy atom. The minimum Gasteiger partial charge on any atom is -0.305 e. The summed E-state index contributed by atoms with van der Waals surface area (Å²) in [6, 6.07) is 5.12. The number of rotatable bonds is 3. The van der Waals surface area contributed by atoms with Crippen molar-refractivity contribution in [3.8, 4) is 0 Å². The number of benzene rings is 1. The average Bonchev–Trinajstić information content (AvgIpc) is 2.55. The highest BCUT2D eigenvalue weighted by atomic mass is 16.2. The second-order valence-corrected chi connectivity index (χ2v) is 5.64. The van der Waals surface area contributed by atoms with E-state index < -0.39 is 11.8 Å². The lowest BCUT2D eigenvalue weighted by molar-refractivity contribution is -0.131. The molecule has 0 bridgehead atoms. The first-order valence-electron chi connectivity index (χ1n) is 7.30. The van der Waals surface area contributed by atoms with Crippen LogP contribution in [0.25, 0.3) is 10.9 Å². The van der Waals surface area contributed by atoms with Crippen LogP contribution in [-0.4, -0.2) is 34.2 Å². The molecule has 2 unspecified atom stereocenters. The standard InChI is InChI=1S/C16H17N3O3/c1-10-3-2-4-13-15(10)16(22)19(9-18-13)11-5-6-12(17-7-11)14(21)8-20/h2-4,8-9,11-12,17H,5-7H2,1H3. The van der Waals surface area contributed by atoms with Gasteiger partial charge >= 0.3 is 0 Å². The molecule has 2 aromatic rings. The number of aryl methyl sites for hydroxylation is 1. The van der Waals surface area contributed by atoms with Crippen LogP contribution in [0.1, 0.15) is 24.4 Å². The van der Waals surface area contributed by atoms with Crippen molar-refractivity contribution in [2.24, 2.45) is 0 Å². The fraction of sp³-hybridized carbons (Fsp3) is 0.375. The highest BCUT2D eigenvalue weighted by molar-refractivity contribution is 6.27. The third-order valence-electron chi connectivity index (χ3n) is 4.26. The lowest BCUT2D eigenvalue weighted by Crippen LogP contribution is -2.46. The number of aromatic nitrogens is 2. The van der Waals surface area contributed by atoms with Gasteiger partial charge in [0.05, 0.1) is 29.3 Å². The van der Waals surface area contributed by atoms with E-state index in [4.69, 9.17) is 0 Å². The third-order valence-corrected chi connectivity index (χ3v) is 4.26. The van der Waals surface area contributed by atoms with E-state index in [9.17, 15) is 14.4 Å². The van der Waals surface area contributed by atoms with Crippen molar-refractivity contribution < 1.29 is 9.59 Å². The maximum Gasteiger partial charge on any atom is 0.261 e. The van der Waals surface area contributed by atoms with Gasteiger partial charge in [0.25, 0.3) is 5.56 Å². The number of ketones is 1. The molecule has 0 spiro atoms. The molecule has 22 heavy (non-hydrogen) atoms. The molecule has 114 valence electrons. The molecule has 1 fully saturated rings. The first-order valence-corrected chi connectivity index (χ1v) is 7.30. The zero-order valence-corrected chi connectivity index (χ0v) is 12.3. The van der Waals surface area contributed by atoms with E-state index >= 15 is 0 Å². The maximum absolute atomic E-state index is 12.7. The summed E-state index contributed by atoms with van der Waals surface area (Å²) in [5, 5.41) is 3.68. The lowest BCUT2D eigenvalue weighted by Gasteiger charge is -2.29. The van der Waals surface area contributed by atoms with Gasteiger partial charge in [-0.25, -0.2) is 4.98 Å². The summed E-state index contributed by atoms with van der Waals surface area (Å²) in [6.45, 7) is 2.37. The molecule has 1 saturated heterocycles. The quantitative estimate of drug-likeness (QED) is 0.668. The molecule has 0 aliphatic carbocycles.